The molecule has 5 nitrogen and oxygen atoms in total. The van der Waals surface area contributed by atoms with E-state index in [4.69, 9.17) is 16.3 Å². The van der Waals surface area contributed by atoms with Crippen LogP contribution in [0.4, 0.5) is 0 Å². The van der Waals surface area contributed by atoms with Crippen LogP contribution in [0, 0.1) is 5.92 Å². The Hall–Kier alpha value is -1.20. The minimum absolute atomic E-state index is 0.0186. The molecule has 16 heavy (non-hydrogen) atoms. The smallest absolute Gasteiger partial charge is 0.180 e. The summed E-state index contributed by atoms with van der Waals surface area (Å²) in [6, 6.07) is 0. The van der Waals surface area contributed by atoms with Crippen LogP contribution < -0.4 is 0 Å². The van der Waals surface area contributed by atoms with Crippen LogP contribution in [0.1, 0.15) is 25.3 Å². The first kappa shape index (κ1) is 9.99. The lowest BCUT2D eigenvalue weighted by Gasteiger charge is -2.12. The molecular formula is C10H11ClN4O. The Morgan fingerprint density at radius 3 is 3.06 bits per heavy atom. The predicted octanol–water partition coefficient (Wildman–Crippen LogP) is 1.88. The fourth-order valence-corrected chi connectivity index (χ4v) is 2.27. The van der Waals surface area contributed by atoms with Gasteiger partial charge in [-0.05, 0) is 12.3 Å². The van der Waals surface area contributed by atoms with Crippen LogP contribution in [0.2, 0.25) is 5.15 Å². The van der Waals surface area contributed by atoms with Gasteiger partial charge < -0.3 is 4.74 Å². The molecule has 0 saturated carbocycles. The number of hydrogen-bond donors (Lipinski definition) is 0. The first-order valence-electron chi connectivity index (χ1n) is 5.23. The number of fused-ring (bicyclic) bond motifs is 1. The summed E-state index contributed by atoms with van der Waals surface area (Å²) in [7, 11) is 0. The van der Waals surface area contributed by atoms with Gasteiger partial charge in [0.25, 0.3) is 0 Å². The quantitative estimate of drug-likeness (QED) is 0.761. The highest BCUT2D eigenvalue weighted by molar-refractivity contribution is 6.29. The van der Waals surface area contributed by atoms with Gasteiger partial charge in [0.05, 0.1) is 12.4 Å². The van der Waals surface area contributed by atoms with E-state index in [1.807, 2.05) is 0 Å². The highest BCUT2D eigenvalue weighted by Crippen LogP contribution is 2.33. The van der Waals surface area contributed by atoms with Gasteiger partial charge in [0.2, 0.25) is 0 Å². The molecule has 6 heteroatoms. The van der Waals surface area contributed by atoms with E-state index < -0.39 is 0 Å². The minimum Gasteiger partial charge on any atom is -0.370 e. The molecule has 1 saturated heterocycles. The molecular weight excluding hydrogens is 228 g/mol. The van der Waals surface area contributed by atoms with Crippen LogP contribution in [-0.2, 0) is 4.74 Å². The molecule has 0 aliphatic carbocycles. The van der Waals surface area contributed by atoms with Crippen molar-refractivity contribution >= 4 is 17.2 Å². The van der Waals surface area contributed by atoms with E-state index in [-0.39, 0.29) is 6.10 Å². The Balaban J connectivity index is 2.16. The number of nitrogens with zero attached hydrogens (tertiary/aromatic N) is 4. The lowest BCUT2D eigenvalue weighted by atomic mass is 10.0. The third-order valence-electron chi connectivity index (χ3n) is 2.94. The number of ether oxygens (including phenoxy) is 1. The summed E-state index contributed by atoms with van der Waals surface area (Å²) in [4.78, 5) is 3.98. The van der Waals surface area contributed by atoms with Crippen molar-refractivity contribution in [3.8, 4) is 0 Å². The molecule has 2 aromatic heterocycles. The van der Waals surface area contributed by atoms with Crippen LogP contribution >= 0.6 is 11.6 Å². The average molecular weight is 239 g/mol. The van der Waals surface area contributed by atoms with Gasteiger partial charge in [-0.25, -0.2) is 0 Å². The second kappa shape index (κ2) is 3.68. The van der Waals surface area contributed by atoms with Gasteiger partial charge >= 0.3 is 0 Å². The normalized spacial score (nSPS) is 25.4. The summed E-state index contributed by atoms with van der Waals surface area (Å²) in [5, 5.41) is 8.71. The van der Waals surface area contributed by atoms with E-state index in [2.05, 4.69) is 22.1 Å². The van der Waals surface area contributed by atoms with E-state index >= 15 is 0 Å². The monoisotopic (exact) mass is 238 g/mol. The fraction of sp³-hybridized carbons (Fsp3) is 0.500. The van der Waals surface area contributed by atoms with Crippen LogP contribution in [0.25, 0.3) is 5.65 Å². The molecule has 0 radical (unpaired) electrons. The van der Waals surface area contributed by atoms with Gasteiger partial charge in [-0.1, -0.05) is 18.5 Å². The summed E-state index contributed by atoms with van der Waals surface area (Å²) in [6.45, 7) is 2.91. The maximum atomic E-state index is 6.09. The third kappa shape index (κ3) is 1.39. The fourth-order valence-electron chi connectivity index (χ4n) is 2.04. The Labute approximate surface area is 97.4 Å². The molecule has 0 bridgehead atoms. The van der Waals surface area contributed by atoms with Gasteiger partial charge in [-0.15, -0.1) is 10.2 Å². The number of hydrogen-bond acceptors (Lipinski definition) is 4. The molecule has 2 atom stereocenters. The molecule has 0 amide bonds. The van der Waals surface area contributed by atoms with Crippen molar-refractivity contribution in [1.82, 2.24) is 19.6 Å². The van der Waals surface area contributed by atoms with Crippen molar-refractivity contribution in [2.24, 2.45) is 5.92 Å². The van der Waals surface area contributed by atoms with Crippen molar-refractivity contribution in [3.63, 3.8) is 0 Å². The average Bonchev–Trinajstić information content (AvgIpc) is 2.84. The molecule has 0 spiro atoms. The Morgan fingerprint density at radius 1 is 1.44 bits per heavy atom. The number of rotatable bonds is 1. The van der Waals surface area contributed by atoms with Crippen LogP contribution in [0.5, 0.6) is 0 Å². The molecule has 3 rings (SSSR count). The molecule has 0 aromatic carbocycles. The van der Waals surface area contributed by atoms with Crippen LogP contribution in [0.3, 0.4) is 0 Å². The highest BCUT2D eigenvalue weighted by Gasteiger charge is 2.30. The van der Waals surface area contributed by atoms with Crippen molar-refractivity contribution in [2.45, 2.75) is 19.4 Å². The Morgan fingerprint density at radius 2 is 2.31 bits per heavy atom. The topological polar surface area (TPSA) is 52.3 Å². The molecule has 1 aliphatic heterocycles. The molecule has 2 unspecified atom stereocenters. The van der Waals surface area contributed by atoms with Crippen molar-refractivity contribution in [2.75, 3.05) is 6.61 Å². The van der Waals surface area contributed by atoms with Crippen LogP contribution in [0.15, 0.2) is 12.4 Å². The SMILES string of the molecule is CC1CCOC1c1nnc2cncc(Cl)n12. The van der Waals surface area contributed by atoms with Gasteiger partial charge in [0.15, 0.2) is 11.5 Å². The number of aromatic nitrogens is 4. The van der Waals surface area contributed by atoms with Crippen molar-refractivity contribution in [3.05, 3.63) is 23.4 Å². The van der Waals surface area contributed by atoms with Gasteiger partial charge in [-0.3, -0.25) is 9.38 Å². The van der Waals surface area contributed by atoms with Gasteiger partial charge in [-0.2, -0.15) is 0 Å². The van der Waals surface area contributed by atoms with E-state index in [1.54, 1.807) is 16.8 Å². The van der Waals surface area contributed by atoms with E-state index in [9.17, 15) is 0 Å². The van der Waals surface area contributed by atoms with E-state index in [1.165, 1.54) is 0 Å². The standard InChI is InChI=1S/C10H11ClN4O/c1-6-2-3-16-9(6)10-14-13-8-5-12-4-7(11)15(8)10/h4-6,9H,2-3H2,1H3. The summed E-state index contributed by atoms with van der Waals surface area (Å²) < 4.78 is 7.46. The van der Waals surface area contributed by atoms with Gasteiger partial charge in [0.1, 0.15) is 11.3 Å². The maximum absolute atomic E-state index is 6.09. The first-order valence-corrected chi connectivity index (χ1v) is 5.61. The molecule has 3 heterocycles. The summed E-state index contributed by atoms with van der Waals surface area (Å²) in [5.74, 6) is 1.21. The predicted molar refractivity (Wildman–Crippen MR) is 58.3 cm³/mol. The number of halogens is 1. The van der Waals surface area contributed by atoms with Crippen LogP contribution in [-0.4, -0.2) is 26.2 Å². The zero-order chi connectivity index (χ0) is 11.1. The van der Waals surface area contributed by atoms with Gasteiger partial charge in [0, 0.05) is 6.61 Å². The zero-order valence-corrected chi connectivity index (χ0v) is 9.55. The zero-order valence-electron chi connectivity index (χ0n) is 8.80. The molecule has 1 fully saturated rings. The lowest BCUT2D eigenvalue weighted by molar-refractivity contribution is 0.0865. The Kier molecular flexibility index (Phi) is 2.29. The van der Waals surface area contributed by atoms with E-state index in [0.29, 0.717) is 16.7 Å². The van der Waals surface area contributed by atoms with Crippen molar-refractivity contribution < 1.29 is 4.74 Å². The summed E-state index contributed by atoms with van der Waals surface area (Å²) >= 11 is 6.09. The molecule has 2 aromatic rings. The van der Waals surface area contributed by atoms with Crippen molar-refractivity contribution in [1.29, 1.82) is 0 Å². The second-order valence-electron chi connectivity index (χ2n) is 4.04. The second-order valence-corrected chi connectivity index (χ2v) is 4.43. The summed E-state index contributed by atoms with van der Waals surface area (Å²) in [6.07, 6.45) is 4.25. The Bertz CT molecular complexity index is 527. The lowest BCUT2D eigenvalue weighted by Crippen LogP contribution is -2.09. The first-order chi connectivity index (χ1) is 7.77. The maximum Gasteiger partial charge on any atom is 0.180 e. The molecule has 84 valence electrons. The van der Waals surface area contributed by atoms with E-state index in [0.717, 1.165) is 18.9 Å². The highest BCUT2D eigenvalue weighted by atomic mass is 35.5. The summed E-state index contributed by atoms with van der Waals surface area (Å²) in [5.41, 5.74) is 0.658. The largest absolute Gasteiger partial charge is 0.370 e. The third-order valence-corrected chi connectivity index (χ3v) is 3.21. The molecule has 1 aliphatic rings. The molecule has 0 N–H and O–H groups in total. The minimum atomic E-state index is -0.0186.